The summed E-state index contributed by atoms with van der Waals surface area (Å²) in [7, 11) is 4.15. The van der Waals surface area contributed by atoms with Crippen molar-refractivity contribution in [3.05, 3.63) is 18.2 Å². The lowest BCUT2D eigenvalue weighted by Gasteiger charge is -2.25. The maximum absolute atomic E-state index is 4.49. The fourth-order valence-electron chi connectivity index (χ4n) is 2.90. The molecule has 0 amide bonds. The average molecular weight is 221 g/mol. The molecule has 0 spiro atoms. The first kappa shape index (κ1) is 11.6. The van der Waals surface area contributed by atoms with Crippen molar-refractivity contribution < 1.29 is 0 Å². The number of nitrogens with zero attached hydrogens (tertiary/aromatic N) is 2. The van der Waals surface area contributed by atoms with Gasteiger partial charge in [0.05, 0.1) is 6.04 Å². The van der Waals surface area contributed by atoms with Gasteiger partial charge in [0, 0.05) is 19.4 Å². The standard InChI is InChI=1S/C13H23N3/c1-14-12(13-15-9-10-16(13)2)11-7-5-3-4-6-8-11/h9-12,14H,3-8H2,1-2H3. The zero-order valence-electron chi connectivity index (χ0n) is 10.4. The van der Waals surface area contributed by atoms with Gasteiger partial charge in [-0.05, 0) is 25.8 Å². The molecule has 3 nitrogen and oxygen atoms in total. The Balaban J connectivity index is 2.12. The Morgan fingerprint density at radius 1 is 1.31 bits per heavy atom. The number of hydrogen-bond donors (Lipinski definition) is 1. The molecular weight excluding hydrogens is 198 g/mol. The number of rotatable bonds is 3. The van der Waals surface area contributed by atoms with Gasteiger partial charge < -0.3 is 9.88 Å². The van der Waals surface area contributed by atoms with Gasteiger partial charge in [0.15, 0.2) is 0 Å². The lowest BCUT2D eigenvalue weighted by molar-refractivity contribution is 0.324. The van der Waals surface area contributed by atoms with Crippen LogP contribution in [0.25, 0.3) is 0 Å². The van der Waals surface area contributed by atoms with E-state index in [0.29, 0.717) is 6.04 Å². The monoisotopic (exact) mass is 221 g/mol. The highest BCUT2D eigenvalue weighted by atomic mass is 15.1. The molecule has 1 aromatic heterocycles. The largest absolute Gasteiger partial charge is 0.337 e. The summed E-state index contributed by atoms with van der Waals surface area (Å²) in [6.45, 7) is 0. The molecular formula is C13H23N3. The number of aryl methyl sites for hydroxylation is 1. The van der Waals surface area contributed by atoms with Crippen LogP contribution < -0.4 is 5.32 Å². The molecule has 90 valence electrons. The van der Waals surface area contributed by atoms with E-state index in [1.165, 1.54) is 44.3 Å². The summed E-state index contributed by atoms with van der Waals surface area (Å²) in [5.74, 6) is 1.95. The smallest absolute Gasteiger partial charge is 0.125 e. The van der Waals surface area contributed by atoms with Crippen LogP contribution in [0.2, 0.25) is 0 Å². The second-order valence-corrected chi connectivity index (χ2v) is 4.91. The molecule has 1 N–H and O–H groups in total. The minimum atomic E-state index is 0.429. The van der Waals surface area contributed by atoms with E-state index in [4.69, 9.17) is 0 Å². The normalized spacial score (nSPS) is 20.6. The quantitative estimate of drug-likeness (QED) is 0.795. The van der Waals surface area contributed by atoms with E-state index in [-0.39, 0.29) is 0 Å². The second kappa shape index (κ2) is 5.48. The molecule has 1 unspecified atom stereocenters. The predicted octanol–water partition coefficient (Wildman–Crippen LogP) is 2.65. The number of hydrogen-bond acceptors (Lipinski definition) is 2. The molecule has 0 aliphatic heterocycles. The van der Waals surface area contributed by atoms with Crippen molar-refractivity contribution in [3.8, 4) is 0 Å². The van der Waals surface area contributed by atoms with E-state index in [0.717, 1.165) is 5.92 Å². The summed E-state index contributed by atoms with van der Waals surface area (Å²) in [6, 6.07) is 0.429. The first-order valence-electron chi connectivity index (χ1n) is 6.47. The van der Waals surface area contributed by atoms with Crippen molar-refractivity contribution in [2.75, 3.05) is 7.05 Å². The number of nitrogens with one attached hydrogen (secondary N) is 1. The van der Waals surface area contributed by atoms with Crippen LogP contribution in [-0.4, -0.2) is 16.6 Å². The fraction of sp³-hybridized carbons (Fsp3) is 0.769. The maximum atomic E-state index is 4.49. The van der Waals surface area contributed by atoms with Gasteiger partial charge in [-0.2, -0.15) is 0 Å². The van der Waals surface area contributed by atoms with Crippen LogP contribution in [0.4, 0.5) is 0 Å². The fourth-order valence-corrected chi connectivity index (χ4v) is 2.90. The highest BCUT2D eigenvalue weighted by Gasteiger charge is 2.25. The van der Waals surface area contributed by atoms with Gasteiger partial charge in [-0.25, -0.2) is 4.98 Å². The topological polar surface area (TPSA) is 29.9 Å². The molecule has 0 bridgehead atoms. The van der Waals surface area contributed by atoms with Gasteiger partial charge in [-0.3, -0.25) is 0 Å². The Bertz CT molecular complexity index is 311. The molecule has 1 fully saturated rings. The van der Waals surface area contributed by atoms with E-state index in [1.54, 1.807) is 0 Å². The summed E-state index contributed by atoms with van der Waals surface area (Å²) in [5, 5.41) is 3.46. The van der Waals surface area contributed by atoms with E-state index in [1.807, 2.05) is 12.4 Å². The molecule has 0 aromatic carbocycles. The Labute approximate surface area is 98.3 Å². The molecule has 16 heavy (non-hydrogen) atoms. The van der Waals surface area contributed by atoms with Crippen LogP contribution in [0, 0.1) is 5.92 Å². The van der Waals surface area contributed by atoms with Crippen LogP contribution in [0.15, 0.2) is 12.4 Å². The zero-order valence-corrected chi connectivity index (χ0v) is 10.4. The predicted molar refractivity (Wildman–Crippen MR) is 66.2 cm³/mol. The third-order valence-electron chi connectivity index (χ3n) is 3.82. The van der Waals surface area contributed by atoms with Gasteiger partial charge >= 0.3 is 0 Å². The minimum Gasteiger partial charge on any atom is -0.337 e. The van der Waals surface area contributed by atoms with Crippen molar-refractivity contribution in [1.82, 2.24) is 14.9 Å². The Morgan fingerprint density at radius 3 is 2.50 bits per heavy atom. The highest BCUT2D eigenvalue weighted by molar-refractivity contribution is 5.01. The van der Waals surface area contributed by atoms with Crippen LogP contribution in [0.3, 0.4) is 0 Å². The van der Waals surface area contributed by atoms with E-state index in [9.17, 15) is 0 Å². The molecule has 1 aromatic rings. The molecule has 0 radical (unpaired) electrons. The second-order valence-electron chi connectivity index (χ2n) is 4.91. The summed E-state index contributed by atoms with van der Waals surface area (Å²) >= 11 is 0. The van der Waals surface area contributed by atoms with Crippen molar-refractivity contribution in [3.63, 3.8) is 0 Å². The minimum absolute atomic E-state index is 0.429. The Morgan fingerprint density at radius 2 is 2.00 bits per heavy atom. The number of imidazole rings is 1. The first-order valence-corrected chi connectivity index (χ1v) is 6.47. The lowest BCUT2D eigenvalue weighted by atomic mass is 9.91. The summed E-state index contributed by atoms with van der Waals surface area (Å²) in [6.07, 6.45) is 12.2. The molecule has 0 saturated heterocycles. The highest BCUT2D eigenvalue weighted by Crippen LogP contribution is 2.32. The van der Waals surface area contributed by atoms with Crippen molar-refractivity contribution in [2.45, 2.75) is 44.6 Å². The van der Waals surface area contributed by atoms with E-state index in [2.05, 4.69) is 29.0 Å². The number of aromatic nitrogens is 2. The van der Waals surface area contributed by atoms with Crippen LogP contribution >= 0.6 is 0 Å². The Kier molecular flexibility index (Phi) is 3.99. The van der Waals surface area contributed by atoms with Crippen molar-refractivity contribution in [1.29, 1.82) is 0 Å². The molecule has 3 heteroatoms. The molecule has 1 aliphatic carbocycles. The van der Waals surface area contributed by atoms with Crippen LogP contribution in [0.5, 0.6) is 0 Å². The summed E-state index contributed by atoms with van der Waals surface area (Å²) < 4.78 is 2.14. The van der Waals surface area contributed by atoms with E-state index >= 15 is 0 Å². The molecule has 1 atom stereocenters. The van der Waals surface area contributed by atoms with Gasteiger partial charge in [0.25, 0.3) is 0 Å². The summed E-state index contributed by atoms with van der Waals surface area (Å²) in [5.41, 5.74) is 0. The average Bonchev–Trinajstić information content (AvgIpc) is 2.57. The zero-order chi connectivity index (χ0) is 11.4. The molecule has 2 rings (SSSR count). The molecule has 1 heterocycles. The van der Waals surface area contributed by atoms with Gasteiger partial charge in [-0.15, -0.1) is 0 Å². The summed E-state index contributed by atoms with van der Waals surface area (Å²) in [4.78, 5) is 4.49. The van der Waals surface area contributed by atoms with Crippen molar-refractivity contribution >= 4 is 0 Å². The van der Waals surface area contributed by atoms with Crippen molar-refractivity contribution in [2.24, 2.45) is 13.0 Å². The van der Waals surface area contributed by atoms with Gasteiger partial charge in [0.2, 0.25) is 0 Å². The first-order chi connectivity index (χ1) is 7.83. The van der Waals surface area contributed by atoms with Crippen LogP contribution in [-0.2, 0) is 7.05 Å². The Hall–Kier alpha value is -0.830. The van der Waals surface area contributed by atoms with Gasteiger partial charge in [-0.1, -0.05) is 25.7 Å². The third-order valence-corrected chi connectivity index (χ3v) is 3.82. The van der Waals surface area contributed by atoms with E-state index < -0.39 is 0 Å². The third kappa shape index (κ3) is 2.46. The molecule has 1 aliphatic rings. The maximum Gasteiger partial charge on any atom is 0.125 e. The SMILES string of the molecule is CNC(c1nccn1C)C1CCCCCC1. The lowest BCUT2D eigenvalue weighted by Crippen LogP contribution is -2.27. The van der Waals surface area contributed by atoms with Crippen LogP contribution in [0.1, 0.15) is 50.4 Å². The molecule has 1 saturated carbocycles. The van der Waals surface area contributed by atoms with Gasteiger partial charge in [0.1, 0.15) is 5.82 Å².